The first-order chi connectivity index (χ1) is 8.69. The Hall–Kier alpha value is -1.66. The summed E-state index contributed by atoms with van der Waals surface area (Å²) >= 11 is 0. The van der Waals surface area contributed by atoms with Gasteiger partial charge in [0.25, 0.3) is 0 Å². The maximum absolute atomic E-state index is 13.1. The number of hydrogen-bond acceptors (Lipinski definition) is 3. The summed E-state index contributed by atoms with van der Waals surface area (Å²) in [5.74, 6) is 5.60. The van der Waals surface area contributed by atoms with Crippen molar-refractivity contribution in [2.45, 2.75) is 6.42 Å². The largest absolute Gasteiger partial charge is 0.385 e. The standard InChI is InChI=1S/C12H19FN4O/c1-17(11-6-3-5-10(13)9-11)12(16-14)15-7-4-8-18-2/h3,5-6,9H,4,7-8,14H2,1-2H3,(H,15,16). The maximum atomic E-state index is 13.1. The van der Waals surface area contributed by atoms with Gasteiger partial charge in [0.2, 0.25) is 5.96 Å². The number of hydrazine groups is 1. The molecular weight excluding hydrogens is 235 g/mol. The molecule has 18 heavy (non-hydrogen) atoms. The summed E-state index contributed by atoms with van der Waals surface area (Å²) in [4.78, 5) is 5.98. The van der Waals surface area contributed by atoms with Crippen LogP contribution in [0.2, 0.25) is 0 Å². The van der Waals surface area contributed by atoms with Crippen LogP contribution in [-0.4, -0.2) is 33.3 Å². The molecule has 0 radical (unpaired) electrons. The predicted octanol–water partition coefficient (Wildman–Crippen LogP) is 1.12. The molecule has 0 saturated carbocycles. The van der Waals surface area contributed by atoms with Crippen molar-refractivity contribution in [3.05, 3.63) is 30.1 Å². The quantitative estimate of drug-likeness (QED) is 0.272. The summed E-state index contributed by atoms with van der Waals surface area (Å²) in [6.07, 6.45) is 0.804. The van der Waals surface area contributed by atoms with Gasteiger partial charge in [-0.1, -0.05) is 6.07 Å². The van der Waals surface area contributed by atoms with Gasteiger partial charge >= 0.3 is 0 Å². The molecule has 0 aromatic heterocycles. The van der Waals surface area contributed by atoms with Crippen molar-refractivity contribution >= 4 is 11.6 Å². The van der Waals surface area contributed by atoms with Gasteiger partial charge in [-0.25, -0.2) is 10.2 Å². The lowest BCUT2D eigenvalue weighted by atomic mass is 10.3. The van der Waals surface area contributed by atoms with Crippen LogP contribution >= 0.6 is 0 Å². The summed E-state index contributed by atoms with van der Waals surface area (Å²) in [5.41, 5.74) is 3.19. The number of guanidine groups is 1. The first-order valence-corrected chi connectivity index (χ1v) is 5.68. The van der Waals surface area contributed by atoms with E-state index in [1.807, 2.05) is 0 Å². The van der Waals surface area contributed by atoms with Crippen molar-refractivity contribution in [2.75, 3.05) is 32.2 Å². The van der Waals surface area contributed by atoms with E-state index in [2.05, 4.69) is 10.4 Å². The minimum absolute atomic E-state index is 0.296. The summed E-state index contributed by atoms with van der Waals surface area (Å²) in [6.45, 7) is 1.23. The highest BCUT2D eigenvalue weighted by molar-refractivity contribution is 5.95. The zero-order valence-electron chi connectivity index (χ0n) is 10.7. The van der Waals surface area contributed by atoms with Gasteiger partial charge in [0.05, 0.1) is 0 Å². The molecule has 0 heterocycles. The number of nitrogens with zero attached hydrogens (tertiary/aromatic N) is 2. The topological polar surface area (TPSA) is 62.9 Å². The van der Waals surface area contributed by atoms with E-state index < -0.39 is 0 Å². The molecule has 1 aromatic carbocycles. The Kier molecular flexibility index (Phi) is 6.10. The first-order valence-electron chi connectivity index (χ1n) is 5.68. The molecular formula is C12H19FN4O. The smallest absolute Gasteiger partial charge is 0.212 e. The van der Waals surface area contributed by atoms with Gasteiger partial charge in [0, 0.05) is 33.0 Å². The van der Waals surface area contributed by atoms with Crippen molar-refractivity contribution in [3.8, 4) is 0 Å². The number of methoxy groups -OCH3 is 1. The van der Waals surface area contributed by atoms with Crippen molar-refractivity contribution < 1.29 is 9.13 Å². The van der Waals surface area contributed by atoms with E-state index in [4.69, 9.17) is 10.6 Å². The Morgan fingerprint density at radius 3 is 2.94 bits per heavy atom. The van der Waals surface area contributed by atoms with Gasteiger partial charge in [0.15, 0.2) is 0 Å². The van der Waals surface area contributed by atoms with Crippen LogP contribution < -0.4 is 16.2 Å². The molecule has 5 nitrogen and oxygen atoms in total. The molecule has 0 aliphatic heterocycles. The van der Waals surface area contributed by atoms with Crippen molar-refractivity contribution in [3.63, 3.8) is 0 Å². The molecule has 0 spiro atoms. The van der Waals surface area contributed by atoms with Gasteiger partial charge in [-0.15, -0.1) is 0 Å². The Morgan fingerprint density at radius 1 is 1.56 bits per heavy atom. The third-order valence-electron chi connectivity index (χ3n) is 2.41. The lowest BCUT2D eigenvalue weighted by molar-refractivity contribution is 0.197. The molecule has 0 aliphatic rings. The highest BCUT2D eigenvalue weighted by Gasteiger charge is 2.07. The fourth-order valence-corrected chi connectivity index (χ4v) is 1.45. The molecule has 0 atom stereocenters. The predicted molar refractivity (Wildman–Crippen MR) is 70.9 cm³/mol. The number of hydrogen-bond donors (Lipinski definition) is 2. The number of anilines is 1. The minimum Gasteiger partial charge on any atom is -0.385 e. The number of halogens is 1. The molecule has 0 saturated heterocycles. The molecule has 0 bridgehead atoms. The van der Waals surface area contributed by atoms with Gasteiger partial charge in [-0.05, 0) is 24.6 Å². The molecule has 0 aliphatic carbocycles. The van der Waals surface area contributed by atoms with E-state index in [0.29, 0.717) is 24.8 Å². The number of nitrogens with two attached hydrogens (primary N) is 1. The molecule has 0 unspecified atom stereocenters. The third kappa shape index (κ3) is 4.31. The third-order valence-corrected chi connectivity index (χ3v) is 2.41. The van der Waals surface area contributed by atoms with Crippen molar-refractivity contribution in [1.82, 2.24) is 5.43 Å². The molecule has 1 aromatic rings. The number of aliphatic imine (C=N–C) groups is 1. The molecule has 3 N–H and O–H groups in total. The number of rotatable bonds is 5. The molecule has 0 amide bonds. The summed E-state index contributed by atoms with van der Waals surface area (Å²) in [6, 6.07) is 6.23. The summed E-state index contributed by atoms with van der Waals surface area (Å²) in [7, 11) is 3.41. The van der Waals surface area contributed by atoms with E-state index >= 15 is 0 Å². The lowest BCUT2D eigenvalue weighted by Gasteiger charge is -2.20. The monoisotopic (exact) mass is 254 g/mol. The number of ether oxygens (including phenoxy) is 1. The first kappa shape index (κ1) is 14.4. The zero-order chi connectivity index (χ0) is 13.4. The Labute approximate surface area is 106 Å². The lowest BCUT2D eigenvalue weighted by Crippen LogP contribution is -2.43. The van der Waals surface area contributed by atoms with Gasteiger partial charge in [0.1, 0.15) is 5.82 Å². The fraction of sp³-hybridized carbons (Fsp3) is 0.417. The number of nitrogens with one attached hydrogen (secondary N) is 1. The highest BCUT2D eigenvalue weighted by Crippen LogP contribution is 2.13. The van der Waals surface area contributed by atoms with Crippen LogP contribution in [0.15, 0.2) is 29.3 Å². The van der Waals surface area contributed by atoms with Gasteiger partial charge in [-0.2, -0.15) is 0 Å². The van der Waals surface area contributed by atoms with Gasteiger partial charge in [-0.3, -0.25) is 10.4 Å². The van der Waals surface area contributed by atoms with E-state index in [1.165, 1.54) is 12.1 Å². The average Bonchev–Trinajstić information content (AvgIpc) is 2.38. The minimum atomic E-state index is -0.296. The second-order valence-corrected chi connectivity index (χ2v) is 3.73. The van der Waals surface area contributed by atoms with Crippen LogP contribution in [0.5, 0.6) is 0 Å². The second-order valence-electron chi connectivity index (χ2n) is 3.73. The second kappa shape index (κ2) is 7.62. The van der Waals surface area contributed by atoms with Crippen LogP contribution in [0.1, 0.15) is 6.42 Å². The van der Waals surface area contributed by atoms with Crippen LogP contribution in [0.3, 0.4) is 0 Å². The molecule has 0 fully saturated rings. The summed E-state index contributed by atoms with van der Waals surface area (Å²) < 4.78 is 18.0. The average molecular weight is 254 g/mol. The highest BCUT2D eigenvalue weighted by atomic mass is 19.1. The van der Waals surface area contributed by atoms with E-state index in [1.54, 1.807) is 31.2 Å². The maximum Gasteiger partial charge on any atom is 0.212 e. The fourth-order valence-electron chi connectivity index (χ4n) is 1.45. The van der Waals surface area contributed by atoms with Crippen LogP contribution in [-0.2, 0) is 4.74 Å². The van der Waals surface area contributed by atoms with Crippen LogP contribution in [0.4, 0.5) is 10.1 Å². The normalized spacial score (nSPS) is 11.4. The van der Waals surface area contributed by atoms with Crippen molar-refractivity contribution in [1.29, 1.82) is 0 Å². The van der Waals surface area contributed by atoms with E-state index in [-0.39, 0.29) is 5.82 Å². The molecule has 6 heteroatoms. The van der Waals surface area contributed by atoms with E-state index in [0.717, 1.165) is 6.42 Å². The zero-order valence-corrected chi connectivity index (χ0v) is 10.7. The van der Waals surface area contributed by atoms with Gasteiger partial charge < -0.3 is 9.64 Å². The van der Waals surface area contributed by atoms with Crippen LogP contribution in [0, 0.1) is 5.82 Å². The Morgan fingerprint density at radius 2 is 2.33 bits per heavy atom. The van der Waals surface area contributed by atoms with Crippen LogP contribution in [0.25, 0.3) is 0 Å². The SMILES string of the molecule is COCCCN=C(NN)N(C)c1cccc(F)c1. The Bertz CT molecular complexity index is 397. The molecule has 1 rings (SSSR count). The number of benzene rings is 1. The van der Waals surface area contributed by atoms with Crippen molar-refractivity contribution in [2.24, 2.45) is 10.8 Å². The molecule has 100 valence electrons. The Balaban J connectivity index is 2.69. The van der Waals surface area contributed by atoms with E-state index in [9.17, 15) is 4.39 Å². The summed E-state index contributed by atoms with van der Waals surface area (Å²) in [5, 5.41) is 0.